The summed E-state index contributed by atoms with van der Waals surface area (Å²) < 4.78 is 0. The molecule has 1 N–H and O–H groups in total. The maximum atomic E-state index is 8.74. The maximum Gasteiger partial charge on any atom is 0.0589 e. The van der Waals surface area contributed by atoms with Gasteiger partial charge in [-0.1, -0.05) is 5.16 Å². The van der Waals surface area contributed by atoms with Crippen molar-refractivity contribution in [3.63, 3.8) is 0 Å². The fraction of sp³-hybridized carbons (Fsp3) is 0.889. The van der Waals surface area contributed by atoms with Gasteiger partial charge in [0.05, 0.1) is 5.71 Å². The minimum atomic E-state index is 0.634. The smallest absolute Gasteiger partial charge is 0.0589 e. The van der Waals surface area contributed by atoms with Gasteiger partial charge >= 0.3 is 0 Å². The lowest BCUT2D eigenvalue weighted by Gasteiger charge is -2.32. The normalized spacial score (nSPS) is 40.2. The molecular formula is C9H16N2O. The first-order chi connectivity index (χ1) is 5.79. The van der Waals surface area contributed by atoms with Gasteiger partial charge in [0.15, 0.2) is 0 Å². The highest BCUT2D eigenvalue weighted by atomic mass is 16.4. The Bertz CT molecular complexity index is 203. The van der Waals surface area contributed by atoms with Crippen molar-refractivity contribution < 1.29 is 5.21 Å². The minimum absolute atomic E-state index is 0.634. The highest BCUT2D eigenvalue weighted by molar-refractivity contribution is 5.85. The van der Waals surface area contributed by atoms with E-state index in [1.54, 1.807) is 0 Å². The van der Waals surface area contributed by atoms with Crippen molar-refractivity contribution in [1.29, 1.82) is 0 Å². The van der Waals surface area contributed by atoms with Crippen LogP contribution in [0.3, 0.4) is 0 Å². The van der Waals surface area contributed by atoms with Crippen molar-refractivity contribution in [3.8, 4) is 0 Å². The van der Waals surface area contributed by atoms with Crippen LogP contribution in [-0.2, 0) is 0 Å². The van der Waals surface area contributed by atoms with E-state index in [-0.39, 0.29) is 0 Å². The quantitative estimate of drug-likeness (QED) is 0.437. The molecule has 3 rings (SSSR count). The van der Waals surface area contributed by atoms with Gasteiger partial charge in [0.25, 0.3) is 0 Å². The predicted molar refractivity (Wildman–Crippen MR) is 47.6 cm³/mol. The summed E-state index contributed by atoms with van der Waals surface area (Å²) in [5.74, 6) is 0.736. The molecular weight excluding hydrogens is 152 g/mol. The van der Waals surface area contributed by atoms with E-state index < -0.39 is 0 Å². The number of fused-ring (bicyclic) bond motifs is 4. The second-order valence-corrected chi connectivity index (χ2v) is 4.11. The molecule has 3 heteroatoms. The van der Waals surface area contributed by atoms with Crippen molar-refractivity contribution in [3.05, 3.63) is 0 Å². The maximum absolute atomic E-state index is 8.74. The fourth-order valence-corrected chi connectivity index (χ4v) is 2.49. The minimum Gasteiger partial charge on any atom is -0.411 e. The zero-order chi connectivity index (χ0) is 8.55. The number of oxime groups is 1. The SMILES string of the molecule is CN1CC2CCC1C/C(=N/O)C2. The Morgan fingerprint density at radius 2 is 2.25 bits per heavy atom. The molecule has 3 aliphatic rings. The lowest BCUT2D eigenvalue weighted by Crippen LogP contribution is -2.37. The number of rotatable bonds is 0. The van der Waals surface area contributed by atoms with Crippen LogP contribution in [0.15, 0.2) is 5.16 Å². The molecule has 2 atom stereocenters. The summed E-state index contributed by atoms with van der Waals surface area (Å²) in [6.45, 7) is 1.18. The molecule has 2 unspecified atom stereocenters. The van der Waals surface area contributed by atoms with Gasteiger partial charge in [-0.05, 0) is 32.2 Å². The van der Waals surface area contributed by atoms with Crippen LogP contribution in [-0.4, -0.2) is 35.5 Å². The van der Waals surface area contributed by atoms with Crippen molar-refractivity contribution in [1.82, 2.24) is 4.90 Å². The van der Waals surface area contributed by atoms with Gasteiger partial charge in [-0.3, -0.25) is 0 Å². The number of hydrogen-bond acceptors (Lipinski definition) is 3. The highest BCUT2D eigenvalue weighted by Crippen LogP contribution is 2.30. The summed E-state index contributed by atoms with van der Waals surface area (Å²) in [4.78, 5) is 2.41. The Morgan fingerprint density at radius 1 is 1.42 bits per heavy atom. The van der Waals surface area contributed by atoms with Crippen molar-refractivity contribution in [2.75, 3.05) is 13.6 Å². The van der Waals surface area contributed by atoms with Crippen molar-refractivity contribution in [2.24, 2.45) is 11.1 Å². The molecule has 1 aliphatic carbocycles. The topological polar surface area (TPSA) is 35.8 Å². The predicted octanol–water partition coefficient (Wildman–Crippen LogP) is 1.32. The Morgan fingerprint density at radius 3 is 2.92 bits per heavy atom. The molecule has 2 heterocycles. The summed E-state index contributed by atoms with van der Waals surface area (Å²) >= 11 is 0. The Labute approximate surface area is 73.1 Å². The average molecular weight is 168 g/mol. The Balaban J connectivity index is 2.16. The van der Waals surface area contributed by atoms with Gasteiger partial charge in [-0.25, -0.2) is 0 Å². The number of piperidine rings is 1. The zero-order valence-corrected chi connectivity index (χ0v) is 7.53. The third-order valence-corrected chi connectivity index (χ3v) is 3.21. The summed E-state index contributed by atoms with van der Waals surface area (Å²) in [5, 5.41) is 12.1. The molecule has 0 amide bonds. The average Bonchev–Trinajstić information content (AvgIpc) is 2.34. The molecule has 1 saturated carbocycles. The van der Waals surface area contributed by atoms with Gasteiger partial charge in [-0.15, -0.1) is 0 Å². The third kappa shape index (κ3) is 1.33. The molecule has 0 radical (unpaired) electrons. The third-order valence-electron chi connectivity index (χ3n) is 3.21. The van der Waals surface area contributed by atoms with Gasteiger partial charge in [0.1, 0.15) is 0 Å². The van der Waals surface area contributed by atoms with Gasteiger partial charge in [-0.2, -0.15) is 0 Å². The molecule has 68 valence electrons. The van der Waals surface area contributed by atoms with E-state index in [9.17, 15) is 0 Å². The Hall–Kier alpha value is -0.570. The molecule has 0 spiro atoms. The monoisotopic (exact) mass is 168 g/mol. The first-order valence-corrected chi connectivity index (χ1v) is 4.69. The molecule has 0 aromatic rings. The summed E-state index contributed by atoms with van der Waals surface area (Å²) in [6, 6.07) is 0.634. The standard InChI is InChI=1S/C9H16N2O/c1-11-6-7-2-3-9(11)5-8(4-7)10-12/h7,9,12H,2-6H2,1H3/b10-8+. The van der Waals surface area contributed by atoms with Gasteiger partial charge in [0.2, 0.25) is 0 Å². The number of nitrogens with zero attached hydrogens (tertiary/aromatic N) is 2. The summed E-state index contributed by atoms with van der Waals surface area (Å²) in [5.41, 5.74) is 1.01. The molecule has 3 nitrogen and oxygen atoms in total. The molecule has 12 heavy (non-hydrogen) atoms. The van der Waals surface area contributed by atoms with Gasteiger partial charge in [0, 0.05) is 19.0 Å². The lowest BCUT2D eigenvalue weighted by atomic mass is 9.95. The van der Waals surface area contributed by atoms with Crippen LogP contribution in [0.25, 0.3) is 0 Å². The molecule has 2 aliphatic heterocycles. The van der Waals surface area contributed by atoms with Crippen molar-refractivity contribution in [2.45, 2.75) is 31.7 Å². The van der Waals surface area contributed by atoms with Crippen LogP contribution >= 0.6 is 0 Å². The van der Waals surface area contributed by atoms with Crippen LogP contribution in [0.1, 0.15) is 25.7 Å². The fourth-order valence-electron chi connectivity index (χ4n) is 2.49. The van der Waals surface area contributed by atoms with E-state index in [0.717, 1.165) is 24.5 Å². The lowest BCUT2D eigenvalue weighted by molar-refractivity contribution is 0.158. The molecule has 0 aromatic heterocycles. The second-order valence-electron chi connectivity index (χ2n) is 4.11. The molecule has 2 saturated heterocycles. The second kappa shape index (κ2) is 3.05. The Kier molecular flexibility index (Phi) is 2.05. The first-order valence-electron chi connectivity index (χ1n) is 4.69. The highest BCUT2D eigenvalue weighted by Gasteiger charge is 2.31. The largest absolute Gasteiger partial charge is 0.411 e. The summed E-state index contributed by atoms with van der Waals surface area (Å²) in [7, 11) is 2.18. The van der Waals surface area contributed by atoms with E-state index in [2.05, 4.69) is 17.1 Å². The van der Waals surface area contributed by atoms with E-state index in [0.29, 0.717) is 6.04 Å². The van der Waals surface area contributed by atoms with E-state index in [1.165, 1.54) is 19.4 Å². The van der Waals surface area contributed by atoms with Crippen LogP contribution < -0.4 is 0 Å². The van der Waals surface area contributed by atoms with Crippen LogP contribution in [0.4, 0.5) is 0 Å². The number of hydrogen-bond donors (Lipinski definition) is 1. The van der Waals surface area contributed by atoms with E-state index >= 15 is 0 Å². The van der Waals surface area contributed by atoms with E-state index in [1.807, 2.05) is 0 Å². The van der Waals surface area contributed by atoms with Crippen LogP contribution in [0.5, 0.6) is 0 Å². The molecule has 2 bridgehead atoms. The molecule has 3 fully saturated rings. The van der Waals surface area contributed by atoms with Crippen molar-refractivity contribution >= 4 is 5.71 Å². The van der Waals surface area contributed by atoms with E-state index in [4.69, 9.17) is 5.21 Å². The zero-order valence-electron chi connectivity index (χ0n) is 7.53. The molecule has 0 aromatic carbocycles. The summed E-state index contributed by atoms with van der Waals surface area (Å²) in [6.07, 6.45) is 4.58. The van der Waals surface area contributed by atoms with Crippen LogP contribution in [0.2, 0.25) is 0 Å². The first kappa shape index (κ1) is 8.05. The van der Waals surface area contributed by atoms with Crippen LogP contribution in [0, 0.1) is 5.92 Å². The van der Waals surface area contributed by atoms with Gasteiger partial charge < -0.3 is 10.1 Å².